The molecule has 0 radical (unpaired) electrons. The first-order valence-corrected chi connectivity index (χ1v) is 9.27. The number of pyridine rings is 1. The third-order valence-corrected chi connectivity index (χ3v) is 5.01. The van der Waals surface area contributed by atoms with Gasteiger partial charge in [-0.15, -0.1) is 0 Å². The van der Waals surface area contributed by atoms with E-state index in [-0.39, 0.29) is 11.5 Å². The van der Waals surface area contributed by atoms with Crippen LogP contribution >= 0.6 is 0 Å². The van der Waals surface area contributed by atoms with Crippen LogP contribution in [0, 0.1) is 0 Å². The molecule has 0 saturated carbocycles. The number of nitrogens with zero attached hydrogens (tertiary/aromatic N) is 4. The lowest BCUT2D eigenvalue weighted by Gasteiger charge is -2.34. The summed E-state index contributed by atoms with van der Waals surface area (Å²) < 4.78 is 6.68. The Labute approximate surface area is 162 Å². The molecule has 4 rings (SSSR count). The maximum atomic E-state index is 12.7. The van der Waals surface area contributed by atoms with Gasteiger partial charge in [0.05, 0.1) is 12.8 Å². The average molecular weight is 378 g/mol. The lowest BCUT2D eigenvalue weighted by Crippen LogP contribution is -2.48. The smallest absolute Gasteiger partial charge is 0.258 e. The summed E-state index contributed by atoms with van der Waals surface area (Å²) in [5, 5.41) is 0. The molecule has 1 aliphatic heterocycles. The highest BCUT2D eigenvalue weighted by Crippen LogP contribution is 2.15. The lowest BCUT2D eigenvalue weighted by atomic mass is 10.1. The van der Waals surface area contributed by atoms with E-state index in [9.17, 15) is 9.59 Å². The zero-order valence-electron chi connectivity index (χ0n) is 15.7. The highest BCUT2D eigenvalue weighted by Gasteiger charge is 2.22. The van der Waals surface area contributed by atoms with Crippen molar-refractivity contribution < 1.29 is 9.53 Å². The van der Waals surface area contributed by atoms with Gasteiger partial charge in [0, 0.05) is 50.6 Å². The first-order valence-electron chi connectivity index (χ1n) is 9.27. The summed E-state index contributed by atoms with van der Waals surface area (Å²) in [5.41, 5.74) is 2.00. The third kappa shape index (κ3) is 3.75. The molecule has 0 aliphatic carbocycles. The van der Waals surface area contributed by atoms with Crippen LogP contribution in [-0.2, 0) is 6.54 Å². The molecule has 7 heteroatoms. The summed E-state index contributed by atoms with van der Waals surface area (Å²) in [6.07, 6.45) is 1.72. The Morgan fingerprint density at radius 3 is 2.54 bits per heavy atom. The molecule has 0 bridgehead atoms. The van der Waals surface area contributed by atoms with Crippen molar-refractivity contribution in [2.75, 3.05) is 33.3 Å². The fraction of sp³-hybridized carbons (Fsp3) is 0.286. The number of aromatic nitrogens is 2. The summed E-state index contributed by atoms with van der Waals surface area (Å²) in [6, 6.07) is 14.3. The van der Waals surface area contributed by atoms with E-state index in [0.717, 1.165) is 24.5 Å². The second kappa shape index (κ2) is 7.82. The molecule has 144 valence electrons. The molecule has 28 heavy (non-hydrogen) atoms. The van der Waals surface area contributed by atoms with E-state index in [1.807, 2.05) is 23.1 Å². The van der Waals surface area contributed by atoms with Gasteiger partial charge in [0.2, 0.25) is 0 Å². The molecule has 1 aromatic carbocycles. The van der Waals surface area contributed by atoms with E-state index in [1.165, 1.54) is 4.40 Å². The Hall–Kier alpha value is -3.19. The van der Waals surface area contributed by atoms with Crippen molar-refractivity contribution >= 4 is 11.6 Å². The van der Waals surface area contributed by atoms with Gasteiger partial charge in [-0.3, -0.25) is 18.9 Å². The Balaban J connectivity index is 1.39. The largest absolute Gasteiger partial charge is 0.497 e. The summed E-state index contributed by atoms with van der Waals surface area (Å²) in [7, 11) is 1.61. The van der Waals surface area contributed by atoms with E-state index < -0.39 is 0 Å². The average Bonchev–Trinajstić information content (AvgIpc) is 2.74. The number of hydrogen-bond acceptors (Lipinski definition) is 5. The van der Waals surface area contributed by atoms with Gasteiger partial charge in [-0.05, 0) is 36.4 Å². The van der Waals surface area contributed by atoms with Crippen molar-refractivity contribution in [2.24, 2.45) is 0 Å². The number of ether oxygens (including phenoxy) is 1. The van der Waals surface area contributed by atoms with Crippen LogP contribution in [0.25, 0.3) is 5.65 Å². The van der Waals surface area contributed by atoms with E-state index in [4.69, 9.17) is 4.74 Å². The molecule has 0 atom stereocenters. The van der Waals surface area contributed by atoms with Crippen molar-refractivity contribution in [3.05, 3.63) is 76.3 Å². The fourth-order valence-electron chi connectivity index (χ4n) is 3.44. The monoisotopic (exact) mass is 378 g/mol. The number of piperazine rings is 1. The number of methoxy groups -OCH3 is 1. The predicted octanol–water partition coefficient (Wildman–Crippen LogP) is 1.66. The van der Waals surface area contributed by atoms with Crippen molar-refractivity contribution in [1.29, 1.82) is 0 Å². The molecule has 7 nitrogen and oxygen atoms in total. The van der Waals surface area contributed by atoms with Crippen LogP contribution in [0.2, 0.25) is 0 Å². The van der Waals surface area contributed by atoms with E-state index in [2.05, 4.69) is 9.88 Å². The number of benzene rings is 1. The quantitative estimate of drug-likeness (QED) is 0.691. The summed E-state index contributed by atoms with van der Waals surface area (Å²) in [5.74, 6) is 0.768. The van der Waals surface area contributed by atoms with Crippen LogP contribution < -0.4 is 10.3 Å². The number of rotatable bonds is 4. The zero-order chi connectivity index (χ0) is 19.5. The molecule has 0 unspecified atom stereocenters. The van der Waals surface area contributed by atoms with E-state index in [0.29, 0.717) is 30.8 Å². The van der Waals surface area contributed by atoms with Crippen molar-refractivity contribution in [1.82, 2.24) is 19.2 Å². The van der Waals surface area contributed by atoms with Crippen molar-refractivity contribution in [3.63, 3.8) is 0 Å². The van der Waals surface area contributed by atoms with Gasteiger partial charge in [-0.2, -0.15) is 0 Å². The number of amides is 1. The van der Waals surface area contributed by atoms with Gasteiger partial charge >= 0.3 is 0 Å². The minimum atomic E-state index is -0.0751. The van der Waals surface area contributed by atoms with Gasteiger partial charge in [-0.1, -0.05) is 6.07 Å². The summed E-state index contributed by atoms with van der Waals surface area (Å²) >= 11 is 0. The number of carbonyl (C=O) groups is 1. The molecule has 2 aromatic heterocycles. The Kier molecular flexibility index (Phi) is 5.08. The predicted molar refractivity (Wildman–Crippen MR) is 106 cm³/mol. The Morgan fingerprint density at radius 1 is 1.07 bits per heavy atom. The standard InChI is InChI=1S/C21H22N4O3/c1-28-18-7-5-16(6-8-18)21(27)24-12-10-23(11-13-24)15-17-14-20(26)25-9-3-2-4-19(25)22-17/h2-9,14H,10-13,15H2,1H3. The van der Waals surface area contributed by atoms with Crippen molar-refractivity contribution in [3.8, 4) is 5.75 Å². The van der Waals surface area contributed by atoms with Crippen LogP contribution in [0.1, 0.15) is 16.1 Å². The first-order chi connectivity index (χ1) is 13.6. The van der Waals surface area contributed by atoms with Crippen LogP contribution in [0.3, 0.4) is 0 Å². The van der Waals surface area contributed by atoms with Gasteiger partial charge in [-0.25, -0.2) is 4.98 Å². The summed E-state index contributed by atoms with van der Waals surface area (Å²) in [4.78, 5) is 33.6. The first kappa shape index (κ1) is 18.2. The Morgan fingerprint density at radius 2 is 1.82 bits per heavy atom. The van der Waals surface area contributed by atoms with Crippen LogP contribution in [0.5, 0.6) is 5.75 Å². The number of hydrogen-bond donors (Lipinski definition) is 0. The summed E-state index contributed by atoms with van der Waals surface area (Å²) in [6.45, 7) is 3.40. The maximum absolute atomic E-state index is 12.7. The third-order valence-electron chi connectivity index (χ3n) is 5.01. The number of fused-ring (bicyclic) bond motifs is 1. The molecule has 1 saturated heterocycles. The Bertz CT molecular complexity index is 1040. The maximum Gasteiger partial charge on any atom is 0.258 e. The molecular formula is C21H22N4O3. The van der Waals surface area contributed by atoms with Gasteiger partial charge in [0.1, 0.15) is 11.4 Å². The molecule has 3 heterocycles. The van der Waals surface area contributed by atoms with Crippen molar-refractivity contribution in [2.45, 2.75) is 6.54 Å². The molecule has 1 amide bonds. The lowest BCUT2D eigenvalue weighted by molar-refractivity contribution is 0.0627. The van der Waals surface area contributed by atoms with E-state index >= 15 is 0 Å². The molecule has 3 aromatic rings. The van der Waals surface area contributed by atoms with Crippen LogP contribution in [0.4, 0.5) is 0 Å². The highest BCUT2D eigenvalue weighted by molar-refractivity contribution is 5.94. The number of carbonyl (C=O) groups excluding carboxylic acids is 1. The highest BCUT2D eigenvalue weighted by atomic mass is 16.5. The normalized spacial score (nSPS) is 15.0. The zero-order valence-corrected chi connectivity index (χ0v) is 15.7. The molecule has 0 N–H and O–H groups in total. The van der Waals surface area contributed by atoms with Gasteiger partial charge in [0.25, 0.3) is 11.5 Å². The van der Waals surface area contributed by atoms with Crippen LogP contribution in [0.15, 0.2) is 59.5 Å². The van der Waals surface area contributed by atoms with Crippen LogP contribution in [-0.4, -0.2) is 58.4 Å². The van der Waals surface area contributed by atoms with Gasteiger partial charge in [0.15, 0.2) is 0 Å². The molecular weight excluding hydrogens is 356 g/mol. The molecule has 1 fully saturated rings. The van der Waals surface area contributed by atoms with Gasteiger partial charge < -0.3 is 9.64 Å². The fourth-order valence-corrected chi connectivity index (χ4v) is 3.44. The van der Waals surface area contributed by atoms with E-state index in [1.54, 1.807) is 43.6 Å². The topological polar surface area (TPSA) is 67.2 Å². The second-order valence-electron chi connectivity index (χ2n) is 6.81. The SMILES string of the molecule is COc1ccc(C(=O)N2CCN(Cc3cc(=O)n4ccccc4n3)CC2)cc1. The molecule has 1 aliphatic rings. The molecule has 0 spiro atoms. The minimum absolute atomic E-state index is 0.0318. The minimum Gasteiger partial charge on any atom is -0.497 e. The second-order valence-corrected chi connectivity index (χ2v) is 6.81.